The number of carbonyl (C=O) groups excluding carboxylic acids is 1. The lowest BCUT2D eigenvalue weighted by Gasteiger charge is -2.36. The minimum Gasteiger partial charge on any atom is -0.341 e. The molecule has 2 heterocycles. The molecule has 20 heavy (non-hydrogen) atoms. The van der Waals surface area contributed by atoms with Gasteiger partial charge in [-0.3, -0.25) is 9.69 Å². The topological polar surface area (TPSA) is 57.7 Å². The summed E-state index contributed by atoms with van der Waals surface area (Å²) in [4.78, 5) is 16.2. The summed E-state index contributed by atoms with van der Waals surface area (Å²) in [6.07, 6.45) is 1.83. The van der Waals surface area contributed by atoms with Crippen LogP contribution in [0, 0.1) is 11.8 Å². The van der Waals surface area contributed by atoms with Crippen molar-refractivity contribution in [3.63, 3.8) is 0 Å². The third-order valence-corrected chi connectivity index (χ3v) is 6.19. The molecule has 116 valence electrons. The molecule has 0 bridgehead atoms. The van der Waals surface area contributed by atoms with Crippen LogP contribution in [0.15, 0.2) is 0 Å². The van der Waals surface area contributed by atoms with E-state index in [0.717, 1.165) is 13.1 Å². The van der Waals surface area contributed by atoms with Crippen LogP contribution in [0.2, 0.25) is 0 Å². The van der Waals surface area contributed by atoms with Gasteiger partial charge in [-0.05, 0) is 31.7 Å². The van der Waals surface area contributed by atoms with E-state index in [9.17, 15) is 13.2 Å². The quantitative estimate of drug-likeness (QED) is 0.766. The zero-order valence-corrected chi connectivity index (χ0v) is 13.5. The Morgan fingerprint density at radius 3 is 2.35 bits per heavy atom. The second-order valence-electron chi connectivity index (χ2n) is 6.72. The zero-order chi connectivity index (χ0) is 14.9. The smallest absolute Gasteiger partial charge is 0.236 e. The molecule has 0 N–H and O–H groups in total. The highest BCUT2D eigenvalue weighted by Gasteiger charge is 2.32. The van der Waals surface area contributed by atoms with E-state index in [1.54, 1.807) is 0 Å². The SMILES string of the molecule is CC1CC(C)CN(C(=O)CN(C)C2CCS(=O)(=O)C2)C1. The molecule has 6 heteroatoms. The van der Waals surface area contributed by atoms with Gasteiger partial charge in [0.25, 0.3) is 0 Å². The van der Waals surface area contributed by atoms with Crippen LogP contribution in [0.4, 0.5) is 0 Å². The molecule has 2 fully saturated rings. The molecule has 0 aromatic rings. The summed E-state index contributed by atoms with van der Waals surface area (Å²) in [6, 6.07) is 0.00332. The monoisotopic (exact) mass is 302 g/mol. The number of amides is 1. The first kappa shape index (κ1) is 15.8. The predicted molar refractivity (Wildman–Crippen MR) is 79.2 cm³/mol. The van der Waals surface area contributed by atoms with Crippen LogP contribution in [-0.2, 0) is 14.6 Å². The molecular formula is C14H26N2O3S. The van der Waals surface area contributed by atoms with Gasteiger partial charge in [-0.25, -0.2) is 8.42 Å². The van der Waals surface area contributed by atoms with Gasteiger partial charge in [-0.1, -0.05) is 13.8 Å². The standard InChI is InChI=1S/C14H26N2O3S/c1-11-6-12(2)8-16(7-11)14(17)9-15(3)13-4-5-20(18,19)10-13/h11-13H,4-10H2,1-3H3. The Hall–Kier alpha value is -0.620. The molecule has 2 aliphatic rings. The van der Waals surface area contributed by atoms with Gasteiger partial charge in [-0.2, -0.15) is 0 Å². The molecule has 0 aliphatic carbocycles. The first-order chi connectivity index (χ1) is 9.27. The molecule has 3 atom stereocenters. The fourth-order valence-corrected chi connectivity index (χ4v) is 5.24. The summed E-state index contributed by atoms with van der Waals surface area (Å²) in [5.74, 6) is 1.70. The number of rotatable bonds is 3. The van der Waals surface area contributed by atoms with Crippen molar-refractivity contribution in [1.29, 1.82) is 0 Å². The van der Waals surface area contributed by atoms with Crippen LogP contribution in [0.1, 0.15) is 26.7 Å². The van der Waals surface area contributed by atoms with E-state index >= 15 is 0 Å². The molecule has 0 saturated carbocycles. The van der Waals surface area contributed by atoms with Crippen LogP contribution in [0.3, 0.4) is 0 Å². The zero-order valence-electron chi connectivity index (χ0n) is 12.7. The number of hydrogen-bond acceptors (Lipinski definition) is 4. The van der Waals surface area contributed by atoms with Gasteiger partial charge in [0.2, 0.25) is 5.91 Å². The van der Waals surface area contributed by atoms with E-state index in [1.165, 1.54) is 6.42 Å². The Morgan fingerprint density at radius 2 is 1.85 bits per heavy atom. The van der Waals surface area contributed by atoms with Crippen molar-refractivity contribution in [1.82, 2.24) is 9.80 Å². The summed E-state index contributed by atoms with van der Waals surface area (Å²) in [7, 11) is -1.02. The van der Waals surface area contributed by atoms with Gasteiger partial charge in [0.15, 0.2) is 9.84 Å². The van der Waals surface area contributed by atoms with Crippen LogP contribution in [-0.4, -0.2) is 68.4 Å². The highest BCUT2D eigenvalue weighted by molar-refractivity contribution is 7.91. The van der Waals surface area contributed by atoms with Gasteiger partial charge in [0, 0.05) is 19.1 Å². The first-order valence-corrected chi connectivity index (χ1v) is 9.27. The van der Waals surface area contributed by atoms with Crippen molar-refractivity contribution in [3.8, 4) is 0 Å². The Kier molecular flexibility index (Phi) is 4.74. The highest BCUT2D eigenvalue weighted by atomic mass is 32.2. The maximum absolute atomic E-state index is 12.4. The minimum atomic E-state index is -2.89. The number of likely N-dealkylation sites (N-methyl/N-ethyl adjacent to an activating group) is 1. The molecule has 5 nitrogen and oxygen atoms in total. The Labute approximate surface area is 122 Å². The molecule has 2 aliphatic heterocycles. The number of carbonyl (C=O) groups is 1. The van der Waals surface area contributed by atoms with Crippen molar-refractivity contribution >= 4 is 15.7 Å². The third kappa shape index (κ3) is 3.95. The highest BCUT2D eigenvalue weighted by Crippen LogP contribution is 2.22. The molecule has 0 aromatic heterocycles. The second-order valence-corrected chi connectivity index (χ2v) is 8.95. The predicted octanol–water partition coefficient (Wildman–Crippen LogP) is 0.610. The third-order valence-electron chi connectivity index (χ3n) is 4.44. The normalized spacial score (nSPS) is 33.6. The molecule has 0 radical (unpaired) electrons. The van der Waals surface area contributed by atoms with Crippen molar-refractivity contribution < 1.29 is 13.2 Å². The van der Waals surface area contributed by atoms with Crippen molar-refractivity contribution in [2.75, 3.05) is 38.2 Å². The fraction of sp³-hybridized carbons (Fsp3) is 0.929. The number of likely N-dealkylation sites (tertiary alicyclic amines) is 1. The minimum absolute atomic E-state index is 0.00332. The van der Waals surface area contributed by atoms with E-state index < -0.39 is 9.84 Å². The Morgan fingerprint density at radius 1 is 1.25 bits per heavy atom. The second kappa shape index (κ2) is 6.02. The molecule has 2 rings (SSSR count). The summed E-state index contributed by atoms with van der Waals surface area (Å²) < 4.78 is 23.0. The van der Waals surface area contributed by atoms with Gasteiger partial charge in [0.1, 0.15) is 0 Å². The molecule has 0 aromatic carbocycles. The lowest BCUT2D eigenvalue weighted by atomic mass is 9.92. The van der Waals surface area contributed by atoms with Gasteiger partial charge in [0.05, 0.1) is 18.1 Å². The van der Waals surface area contributed by atoms with E-state index in [-0.39, 0.29) is 23.5 Å². The Balaban J connectivity index is 1.88. The van der Waals surface area contributed by atoms with E-state index in [1.807, 2.05) is 16.8 Å². The van der Waals surface area contributed by atoms with Crippen LogP contribution in [0.25, 0.3) is 0 Å². The summed E-state index contributed by atoms with van der Waals surface area (Å²) in [5, 5.41) is 0. The van der Waals surface area contributed by atoms with Crippen molar-refractivity contribution in [2.24, 2.45) is 11.8 Å². The fourth-order valence-electron chi connectivity index (χ4n) is 3.43. The summed E-state index contributed by atoms with van der Waals surface area (Å²) in [6.45, 7) is 6.37. The van der Waals surface area contributed by atoms with Crippen molar-refractivity contribution in [2.45, 2.75) is 32.7 Å². The number of piperidine rings is 1. The maximum Gasteiger partial charge on any atom is 0.236 e. The maximum atomic E-state index is 12.4. The molecule has 2 saturated heterocycles. The van der Waals surface area contributed by atoms with E-state index in [0.29, 0.717) is 24.8 Å². The lowest BCUT2D eigenvalue weighted by Crippen LogP contribution is -2.48. The van der Waals surface area contributed by atoms with Gasteiger partial charge >= 0.3 is 0 Å². The van der Waals surface area contributed by atoms with Crippen LogP contribution < -0.4 is 0 Å². The van der Waals surface area contributed by atoms with Gasteiger partial charge in [-0.15, -0.1) is 0 Å². The summed E-state index contributed by atoms with van der Waals surface area (Å²) >= 11 is 0. The molecule has 3 unspecified atom stereocenters. The number of hydrogen-bond donors (Lipinski definition) is 0. The average molecular weight is 302 g/mol. The van der Waals surface area contributed by atoms with E-state index in [4.69, 9.17) is 0 Å². The lowest BCUT2D eigenvalue weighted by molar-refractivity contribution is -0.135. The van der Waals surface area contributed by atoms with Crippen LogP contribution in [0.5, 0.6) is 0 Å². The Bertz CT molecular complexity index is 453. The number of nitrogens with zero attached hydrogens (tertiary/aromatic N) is 2. The van der Waals surface area contributed by atoms with E-state index in [2.05, 4.69) is 13.8 Å². The molecule has 0 spiro atoms. The molecule has 1 amide bonds. The van der Waals surface area contributed by atoms with Crippen LogP contribution >= 0.6 is 0 Å². The largest absolute Gasteiger partial charge is 0.341 e. The first-order valence-electron chi connectivity index (χ1n) is 7.45. The van der Waals surface area contributed by atoms with Crippen molar-refractivity contribution in [3.05, 3.63) is 0 Å². The number of sulfone groups is 1. The molecular weight excluding hydrogens is 276 g/mol. The summed E-state index contributed by atoms with van der Waals surface area (Å²) in [5.41, 5.74) is 0. The van der Waals surface area contributed by atoms with Gasteiger partial charge < -0.3 is 4.90 Å². The average Bonchev–Trinajstić information content (AvgIpc) is 2.68.